The second kappa shape index (κ2) is 6.07. The Morgan fingerprint density at radius 3 is 3.05 bits per heavy atom. The lowest BCUT2D eigenvalue weighted by molar-refractivity contribution is -0.0498. The molecule has 1 aromatic rings. The van der Waals surface area contributed by atoms with Crippen LogP contribution in [0.3, 0.4) is 0 Å². The fourth-order valence-electron chi connectivity index (χ4n) is 3.85. The quantitative estimate of drug-likeness (QED) is 0.853. The van der Waals surface area contributed by atoms with Gasteiger partial charge in [-0.25, -0.2) is 0 Å². The maximum Gasteiger partial charge on any atom is 0.231 e. The topological polar surface area (TPSA) is 40.2 Å². The summed E-state index contributed by atoms with van der Waals surface area (Å²) >= 11 is 0. The van der Waals surface area contributed by atoms with E-state index in [1.54, 1.807) is 0 Å². The van der Waals surface area contributed by atoms with Crippen LogP contribution in [-0.4, -0.2) is 49.7 Å². The molecule has 3 aliphatic rings. The summed E-state index contributed by atoms with van der Waals surface area (Å²) in [5.74, 6) is 1.70. The molecule has 4 rings (SSSR count). The van der Waals surface area contributed by atoms with Crippen LogP contribution in [0.5, 0.6) is 11.5 Å². The Kier molecular flexibility index (Phi) is 3.94. The van der Waals surface area contributed by atoms with Gasteiger partial charge in [-0.05, 0) is 37.5 Å². The largest absolute Gasteiger partial charge is 0.454 e. The van der Waals surface area contributed by atoms with E-state index in [9.17, 15) is 0 Å². The summed E-state index contributed by atoms with van der Waals surface area (Å²) in [6.07, 6.45) is 2.74. The van der Waals surface area contributed by atoms with Crippen LogP contribution in [0.25, 0.3) is 0 Å². The highest BCUT2D eigenvalue weighted by atomic mass is 16.7. The van der Waals surface area contributed by atoms with Gasteiger partial charge in [-0.3, -0.25) is 4.90 Å². The molecule has 0 radical (unpaired) electrons. The maximum absolute atomic E-state index is 5.99. The lowest BCUT2D eigenvalue weighted by Gasteiger charge is -2.31. The lowest BCUT2D eigenvalue weighted by atomic mass is 10.1. The fourth-order valence-corrected chi connectivity index (χ4v) is 3.85. The van der Waals surface area contributed by atoms with Crippen LogP contribution in [0.15, 0.2) is 18.2 Å². The summed E-state index contributed by atoms with van der Waals surface area (Å²) in [4.78, 5) is 2.50. The number of fused-ring (bicyclic) bond motifs is 3. The first-order valence-corrected chi connectivity index (χ1v) is 8.21. The molecule has 3 atom stereocenters. The van der Waals surface area contributed by atoms with Crippen LogP contribution in [-0.2, 0) is 16.0 Å². The van der Waals surface area contributed by atoms with Crippen LogP contribution >= 0.6 is 0 Å². The third kappa shape index (κ3) is 2.57. The van der Waals surface area contributed by atoms with Gasteiger partial charge >= 0.3 is 0 Å². The molecule has 2 bridgehead atoms. The Hall–Kier alpha value is -1.30. The van der Waals surface area contributed by atoms with Crippen molar-refractivity contribution in [2.45, 2.75) is 44.6 Å². The molecule has 5 nitrogen and oxygen atoms in total. The molecule has 2 fully saturated rings. The van der Waals surface area contributed by atoms with E-state index in [4.69, 9.17) is 18.9 Å². The predicted molar refractivity (Wildman–Crippen MR) is 81.2 cm³/mol. The van der Waals surface area contributed by atoms with Gasteiger partial charge in [-0.15, -0.1) is 0 Å². The van der Waals surface area contributed by atoms with E-state index >= 15 is 0 Å². The van der Waals surface area contributed by atoms with Crippen molar-refractivity contribution in [1.29, 1.82) is 0 Å². The van der Waals surface area contributed by atoms with Gasteiger partial charge in [-0.1, -0.05) is 6.07 Å². The molecule has 120 valence electrons. The highest BCUT2D eigenvalue weighted by Crippen LogP contribution is 2.35. The lowest BCUT2D eigenvalue weighted by Crippen LogP contribution is -2.42. The monoisotopic (exact) mass is 305 g/mol. The maximum atomic E-state index is 5.99. The van der Waals surface area contributed by atoms with E-state index < -0.39 is 0 Å². The van der Waals surface area contributed by atoms with Gasteiger partial charge in [0.1, 0.15) is 0 Å². The van der Waals surface area contributed by atoms with E-state index in [-0.39, 0.29) is 12.2 Å². The van der Waals surface area contributed by atoms with Crippen LogP contribution in [0, 0.1) is 0 Å². The molecule has 2 heterocycles. The molecule has 0 spiro atoms. The van der Waals surface area contributed by atoms with E-state index in [1.807, 2.05) is 6.07 Å². The fraction of sp³-hybridized carbons (Fsp3) is 0.647. The summed E-state index contributed by atoms with van der Waals surface area (Å²) in [5.41, 5.74) is 1.25. The average Bonchev–Trinajstić information content (AvgIpc) is 3.08. The molecule has 5 heteroatoms. The molecule has 0 amide bonds. The first-order chi connectivity index (χ1) is 10.8. The van der Waals surface area contributed by atoms with E-state index in [0.717, 1.165) is 50.6 Å². The van der Waals surface area contributed by atoms with Crippen molar-refractivity contribution in [1.82, 2.24) is 4.90 Å². The number of rotatable bonds is 4. The SMILES string of the molecule is CCO[C@H]1[C@H]2CC[C@H]1OCCN2Cc1ccc2c(c1)OCO2. The van der Waals surface area contributed by atoms with Crippen LogP contribution in [0.1, 0.15) is 25.3 Å². The molecule has 0 unspecified atom stereocenters. The summed E-state index contributed by atoms with van der Waals surface area (Å²) in [6.45, 7) is 5.79. The van der Waals surface area contributed by atoms with Crippen molar-refractivity contribution >= 4 is 0 Å². The van der Waals surface area contributed by atoms with Gasteiger partial charge in [-0.2, -0.15) is 0 Å². The summed E-state index contributed by atoms with van der Waals surface area (Å²) in [6, 6.07) is 6.68. The highest BCUT2D eigenvalue weighted by Gasteiger charge is 2.42. The number of benzene rings is 1. The average molecular weight is 305 g/mol. The van der Waals surface area contributed by atoms with Gasteiger partial charge in [0.05, 0.1) is 18.8 Å². The number of hydrogen-bond donors (Lipinski definition) is 0. The predicted octanol–water partition coefficient (Wildman–Crippen LogP) is 2.18. The molecule has 0 N–H and O–H groups in total. The molecule has 22 heavy (non-hydrogen) atoms. The van der Waals surface area contributed by atoms with Crippen LogP contribution < -0.4 is 9.47 Å². The molecule has 1 saturated heterocycles. The zero-order valence-corrected chi connectivity index (χ0v) is 13.0. The Morgan fingerprint density at radius 2 is 2.14 bits per heavy atom. The van der Waals surface area contributed by atoms with Crippen LogP contribution in [0.2, 0.25) is 0 Å². The van der Waals surface area contributed by atoms with Crippen molar-refractivity contribution in [3.05, 3.63) is 23.8 Å². The smallest absolute Gasteiger partial charge is 0.231 e. The van der Waals surface area contributed by atoms with E-state index in [1.165, 1.54) is 5.56 Å². The van der Waals surface area contributed by atoms with Gasteiger partial charge in [0.25, 0.3) is 0 Å². The first-order valence-electron chi connectivity index (χ1n) is 8.21. The van der Waals surface area contributed by atoms with Gasteiger partial charge < -0.3 is 18.9 Å². The van der Waals surface area contributed by atoms with Gasteiger partial charge in [0.2, 0.25) is 6.79 Å². The summed E-state index contributed by atoms with van der Waals surface area (Å²) < 4.78 is 22.8. The molecular weight excluding hydrogens is 282 g/mol. The second-order valence-corrected chi connectivity index (χ2v) is 6.13. The zero-order valence-electron chi connectivity index (χ0n) is 13.0. The van der Waals surface area contributed by atoms with Crippen molar-refractivity contribution in [2.24, 2.45) is 0 Å². The molecule has 2 aliphatic heterocycles. The van der Waals surface area contributed by atoms with E-state index in [2.05, 4.69) is 24.0 Å². The zero-order chi connectivity index (χ0) is 14.9. The molecule has 1 aliphatic carbocycles. The minimum Gasteiger partial charge on any atom is -0.454 e. The number of hydrogen-bond acceptors (Lipinski definition) is 5. The minimum atomic E-state index is 0.210. The molecule has 1 aromatic carbocycles. The Labute approximate surface area is 131 Å². The molecule has 0 aromatic heterocycles. The summed E-state index contributed by atoms with van der Waals surface area (Å²) in [7, 11) is 0. The Morgan fingerprint density at radius 1 is 1.23 bits per heavy atom. The summed E-state index contributed by atoms with van der Waals surface area (Å²) in [5, 5.41) is 0. The second-order valence-electron chi connectivity index (χ2n) is 6.13. The normalized spacial score (nSPS) is 30.5. The Bertz CT molecular complexity index is 535. The number of ether oxygens (including phenoxy) is 4. The van der Waals surface area contributed by atoms with Crippen molar-refractivity contribution in [3.63, 3.8) is 0 Å². The Balaban J connectivity index is 1.51. The van der Waals surface area contributed by atoms with Gasteiger partial charge in [0.15, 0.2) is 11.5 Å². The molecule has 1 saturated carbocycles. The van der Waals surface area contributed by atoms with Gasteiger partial charge in [0, 0.05) is 25.7 Å². The third-order valence-electron chi connectivity index (χ3n) is 4.85. The third-order valence-corrected chi connectivity index (χ3v) is 4.85. The number of nitrogens with zero attached hydrogens (tertiary/aromatic N) is 1. The minimum absolute atomic E-state index is 0.210. The van der Waals surface area contributed by atoms with Crippen molar-refractivity contribution in [3.8, 4) is 11.5 Å². The highest BCUT2D eigenvalue weighted by molar-refractivity contribution is 5.44. The molecular formula is C17H23NO4. The van der Waals surface area contributed by atoms with Crippen LogP contribution in [0.4, 0.5) is 0 Å². The first kappa shape index (κ1) is 14.3. The standard InChI is InChI=1S/C17H23NO4/c1-2-19-17-13-4-6-15(17)20-8-7-18(13)10-12-3-5-14-16(9-12)22-11-21-14/h3,5,9,13,15,17H,2,4,6-8,10-11H2,1H3/t13-,15-,17+/m1/s1. The van der Waals surface area contributed by atoms with E-state index in [0.29, 0.717) is 12.8 Å². The van der Waals surface area contributed by atoms with Crippen molar-refractivity contribution in [2.75, 3.05) is 26.6 Å². The van der Waals surface area contributed by atoms with Crippen molar-refractivity contribution < 1.29 is 18.9 Å².